The minimum atomic E-state index is -4.46. The summed E-state index contributed by atoms with van der Waals surface area (Å²) in [4.78, 5) is 7.51. The zero-order valence-electron chi connectivity index (χ0n) is 9.45. The normalized spacial score (nSPS) is 11.8. The fraction of sp³-hybridized carbons (Fsp3) is 0.273. The molecule has 0 spiro atoms. The number of pyridine rings is 1. The monoisotopic (exact) mass is 257 g/mol. The van der Waals surface area contributed by atoms with E-state index in [1.807, 2.05) is 0 Å². The zero-order valence-corrected chi connectivity index (χ0v) is 9.45. The average molecular weight is 257 g/mol. The highest BCUT2D eigenvalue weighted by Gasteiger charge is 2.34. The molecule has 0 aliphatic carbocycles. The van der Waals surface area contributed by atoms with Gasteiger partial charge < -0.3 is 9.73 Å². The Bertz CT molecular complexity index is 536. The average Bonchev–Trinajstić information content (AvgIpc) is 2.77. The Morgan fingerprint density at radius 2 is 2.11 bits per heavy atom. The second-order valence-electron chi connectivity index (χ2n) is 3.58. The van der Waals surface area contributed by atoms with Crippen LogP contribution in [0, 0.1) is 0 Å². The van der Waals surface area contributed by atoms with E-state index in [4.69, 9.17) is 4.42 Å². The fourth-order valence-corrected chi connectivity index (χ4v) is 1.50. The molecular weight excluding hydrogens is 247 g/mol. The van der Waals surface area contributed by atoms with Crippen LogP contribution >= 0.6 is 0 Å². The van der Waals surface area contributed by atoms with E-state index in [-0.39, 0.29) is 11.5 Å². The molecule has 96 valence electrons. The predicted octanol–water partition coefficient (Wildman–Crippen LogP) is 2.47. The Hall–Kier alpha value is -1.89. The summed E-state index contributed by atoms with van der Waals surface area (Å²) >= 11 is 0. The Kier molecular flexibility index (Phi) is 3.33. The lowest BCUT2D eigenvalue weighted by Gasteiger charge is -2.09. The molecule has 2 rings (SSSR count). The van der Waals surface area contributed by atoms with Gasteiger partial charge in [-0.25, -0.2) is 4.98 Å². The molecular formula is C11H10F3N3O. The minimum Gasteiger partial charge on any atom is -0.440 e. The molecule has 0 unspecified atom stereocenters. The number of oxazole rings is 1. The van der Waals surface area contributed by atoms with Crippen LogP contribution in [-0.2, 0) is 12.7 Å². The van der Waals surface area contributed by atoms with E-state index in [9.17, 15) is 13.2 Å². The number of nitrogens with one attached hydrogen (secondary N) is 1. The van der Waals surface area contributed by atoms with Gasteiger partial charge in [-0.3, -0.25) is 4.98 Å². The summed E-state index contributed by atoms with van der Waals surface area (Å²) < 4.78 is 43.6. The van der Waals surface area contributed by atoms with Crippen LogP contribution in [0.25, 0.3) is 11.5 Å². The van der Waals surface area contributed by atoms with E-state index < -0.39 is 11.7 Å². The van der Waals surface area contributed by atoms with Crippen molar-refractivity contribution in [1.82, 2.24) is 15.3 Å². The van der Waals surface area contributed by atoms with Crippen LogP contribution in [0.15, 0.2) is 29.1 Å². The van der Waals surface area contributed by atoms with Crippen molar-refractivity contribution in [2.24, 2.45) is 0 Å². The molecule has 2 aromatic rings. The van der Waals surface area contributed by atoms with Gasteiger partial charge in [0.25, 0.3) is 0 Å². The molecule has 0 fully saturated rings. The fourth-order valence-electron chi connectivity index (χ4n) is 1.50. The quantitative estimate of drug-likeness (QED) is 0.917. The third kappa shape index (κ3) is 2.51. The SMILES string of the molecule is CNCc1cnc(-c2cnccc2C(F)(F)F)o1. The molecule has 18 heavy (non-hydrogen) atoms. The van der Waals surface area contributed by atoms with Crippen molar-refractivity contribution in [2.45, 2.75) is 12.7 Å². The van der Waals surface area contributed by atoms with Crippen LogP contribution in [0.2, 0.25) is 0 Å². The molecule has 0 radical (unpaired) electrons. The minimum absolute atomic E-state index is 0.0827. The maximum absolute atomic E-state index is 12.8. The van der Waals surface area contributed by atoms with Gasteiger partial charge in [-0.15, -0.1) is 0 Å². The lowest BCUT2D eigenvalue weighted by Crippen LogP contribution is -2.07. The molecule has 7 heteroatoms. The molecule has 0 bridgehead atoms. The molecule has 0 aromatic carbocycles. The molecule has 1 N–H and O–H groups in total. The van der Waals surface area contributed by atoms with E-state index in [0.717, 1.165) is 18.5 Å². The number of alkyl halides is 3. The summed E-state index contributed by atoms with van der Waals surface area (Å²) in [6.07, 6.45) is -0.892. The number of rotatable bonds is 3. The standard InChI is InChI=1S/C11H10F3N3O/c1-15-4-7-5-17-10(18-7)8-6-16-3-2-9(8)11(12,13)14/h2-3,5-6,15H,4H2,1H3. The Morgan fingerprint density at radius 3 is 2.78 bits per heavy atom. The number of hydrogen-bond acceptors (Lipinski definition) is 4. The molecule has 4 nitrogen and oxygen atoms in total. The third-order valence-electron chi connectivity index (χ3n) is 2.26. The molecule has 0 saturated carbocycles. The molecule has 0 aliphatic heterocycles. The van der Waals surface area contributed by atoms with E-state index in [0.29, 0.717) is 12.3 Å². The van der Waals surface area contributed by atoms with Crippen LogP contribution < -0.4 is 5.32 Å². The summed E-state index contributed by atoms with van der Waals surface area (Å²) in [7, 11) is 1.70. The molecule has 0 atom stereocenters. The third-order valence-corrected chi connectivity index (χ3v) is 2.26. The Balaban J connectivity index is 2.43. The van der Waals surface area contributed by atoms with E-state index in [1.54, 1.807) is 7.05 Å². The van der Waals surface area contributed by atoms with E-state index in [1.165, 1.54) is 6.20 Å². The lowest BCUT2D eigenvalue weighted by atomic mass is 10.1. The second-order valence-corrected chi connectivity index (χ2v) is 3.58. The molecule has 0 amide bonds. The van der Waals surface area contributed by atoms with Gasteiger partial charge in [-0.2, -0.15) is 13.2 Å². The number of aromatic nitrogens is 2. The maximum atomic E-state index is 12.8. The topological polar surface area (TPSA) is 51.0 Å². The van der Waals surface area contributed by atoms with Crippen LogP contribution in [0.3, 0.4) is 0 Å². The highest BCUT2D eigenvalue weighted by Crippen LogP contribution is 2.36. The van der Waals surface area contributed by atoms with Gasteiger partial charge in [0.15, 0.2) is 0 Å². The number of hydrogen-bond donors (Lipinski definition) is 1. The predicted molar refractivity (Wildman–Crippen MR) is 57.5 cm³/mol. The zero-order chi connectivity index (χ0) is 13.2. The van der Waals surface area contributed by atoms with E-state index >= 15 is 0 Å². The van der Waals surface area contributed by atoms with Crippen LogP contribution in [-0.4, -0.2) is 17.0 Å². The first-order valence-corrected chi connectivity index (χ1v) is 5.13. The van der Waals surface area contributed by atoms with Gasteiger partial charge in [0, 0.05) is 12.4 Å². The summed E-state index contributed by atoms with van der Waals surface area (Å²) in [5.41, 5.74) is -0.970. The summed E-state index contributed by atoms with van der Waals surface area (Å²) in [6, 6.07) is 0.900. The van der Waals surface area contributed by atoms with Gasteiger partial charge >= 0.3 is 6.18 Å². The number of halogens is 3. The highest BCUT2D eigenvalue weighted by molar-refractivity contribution is 5.58. The first kappa shape index (κ1) is 12.6. The van der Waals surface area contributed by atoms with Crippen LogP contribution in [0.5, 0.6) is 0 Å². The molecule has 2 aromatic heterocycles. The van der Waals surface area contributed by atoms with Crippen molar-refractivity contribution in [3.8, 4) is 11.5 Å². The van der Waals surface area contributed by atoms with Crippen molar-refractivity contribution < 1.29 is 17.6 Å². The van der Waals surface area contributed by atoms with E-state index in [2.05, 4.69) is 15.3 Å². The summed E-state index contributed by atoms with van der Waals surface area (Å²) in [5.74, 6) is 0.380. The first-order valence-electron chi connectivity index (χ1n) is 5.13. The van der Waals surface area contributed by atoms with Crippen molar-refractivity contribution in [2.75, 3.05) is 7.05 Å². The van der Waals surface area contributed by atoms with Gasteiger partial charge in [0.2, 0.25) is 5.89 Å². The Labute approximate surface area is 101 Å². The molecule has 0 saturated heterocycles. The molecule has 2 heterocycles. The van der Waals surface area contributed by atoms with Crippen molar-refractivity contribution in [3.63, 3.8) is 0 Å². The second kappa shape index (κ2) is 4.77. The van der Waals surface area contributed by atoms with Crippen LogP contribution in [0.1, 0.15) is 11.3 Å². The van der Waals surface area contributed by atoms with Gasteiger partial charge in [-0.1, -0.05) is 0 Å². The lowest BCUT2D eigenvalue weighted by molar-refractivity contribution is -0.137. The highest BCUT2D eigenvalue weighted by atomic mass is 19.4. The van der Waals surface area contributed by atoms with Crippen LogP contribution in [0.4, 0.5) is 13.2 Å². The summed E-state index contributed by atoms with van der Waals surface area (Å²) in [5, 5.41) is 2.82. The Morgan fingerprint density at radius 1 is 1.33 bits per heavy atom. The van der Waals surface area contributed by atoms with Gasteiger partial charge in [-0.05, 0) is 13.1 Å². The smallest absolute Gasteiger partial charge is 0.417 e. The largest absolute Gasteiger partial charge is 0.440 e. The maximum Gasteiger partial charge on any atom is 0.417 e. The summed E-state index contributed by atoms with van der Waals surface area (Å²) in [6.45, 7) is 0.397. The van der Waals surface area contributed by atoms with Crippen molar-refractivity contribution in [1.29, 1.82) is 0 Å². The van der Waals surface area contributed by atoms with Crippen molar-refractivity contribution >= 4 is 0 Å². The number of nitrogens with zero attached hydrogens (tertiary/aromatic N) is 2. The first-order chi connectivity index (χ1) is 8.52. The van der Waals surface area contributed by atoms with Gasteiger partial charge in [0.05, 0.1) is 23.9 Å². The van der Waals surface area contributed by atoms with Gasteiger partial charge in [0.1, 0.15) is 5.76 Å². The van der Waals surface area contributed by atoms with Crippen molar-refractivity contribution in [3.05, 3.63) is 36.0 Å². The molecule has 0 aliphatic rings.